The molecule has 0 amide bonds. The molecule has 2 radical (unpaired) electrons. The SMILES string of the molecule is CC(C)N1[C]NCC1. The topological polar surface area (TPSA) is 15.3 Å². The molecule has 0 aromatic carbocycles. The molecule has 1 aliphatic rings. The Morgan fingerprint density at radius 3 is 2.62 bits per heavy atom. The first-order chi connectivity index (χ1) is 3.80. The summed E-state index contributed by atoms with van der Waals surface area (Å²) in [5.74, 6) is 0. The van der Waals surface area contributed by atoms with E-state index in [1.165, 1.54) is 0 Å². The molecule has 0 aromatic rings. The summed E-state index contributed by atoms with van der Waals surface area (Å²) in [5.41, 5.74) is 0. The highest BCUT2D eigenvalue weighted by Gasteiger charge is 2.14. The highest BCUT2D eigenvalue weighted by Crippen LogP contribution is 2.01. The van der Waals surface area contributed by atoms with Gasteiger partial charge >= 0.3 is 0 Å². The van der Waals surface area contributed by atoms with Crippen LogP contribution in [-0.2, 0) is 0 Å². The zero-order valence-electron chi connectivity index (χ0n) is 5.44. The molecule has 1 heterocycles. The van der Waals surface area contributed by atoms with Gasteiger partial charge in [-0.05, 0) is 13.8 Å². The third-order valence-corrected chi connectivity index (χ3v) is 1.32. The molecule has 1 fully saturated rings. The van der Waals surface area contributed by atoms with E-state index in [-0.39, 0.29) is 0 Å². The predicted molar refractivity (Wildman–Crippen MR) is 33.1 cm³/mol. The van der Waals surface area contributed by atoms with Crippen molar-refractivity contribution in [2.75, 3.05) is 13.1 Å². The highest BCUT2D eigenvalue weighted by atomic mass is 15.3. The minimum Gasteiger partial charge on any atom is -0.292 e. The van der Waals surface area contributed by atoms with Gasteiger partial charge in [-0.25, -0.2) is 0 Å². The molecular weight excluding hydrogens is 100 g/mol. The van der Waals surface area contributed by atoms with E-state index in [0.717, 1.165) is 13.1 Å². The maximum absolute atomic E-state index is 3.04. The maximum atomic E-state index is 3.04. The van der Waals surface area contributed by atoms with Crippen LogP contribution in [0.25, 0.3) is 0 Å². The molecule has 1 N–H and O–H groups in total. The van der Waals surface area contributed by atoms with E-state index >= 15 is 0 Å². The summed E-state index contributed by atoms with van der Waals surface area (Å²) in [4.78, 5) is 2.17. The van der Waals surface area contributed by atoms with Crippen LogP contribution in [0.2, 0.25) is 0 Å². The molecule has 0 atom stereocenters. The van der Waals surface area contributed by atoms with Crippen molar-refractivity contribution in [3.8, 4) is 0 Å². The second-order valence-corrected chi connectivity index (χ2v) is 2.33. The minimum atomic E-state index is 0.602. The van der Waals surface area contributed by atoms with Gasteiger partial charge in [0.25, 0.3) is 0 Å². The zero-order valence-corrected chi connectivity index (χ0v) is 5.44. The van der Waals surface area contributed by atoms with Crippen LogP contribution in [0.1, 0.15) is 13.8 Å². The Kier molecular flexibility index (Phi) is 1.86. The third-order valence-electron chi connectivity index (χ3n) is 1.32. The smallest absolute Gasteiger partial charge is 0.143 e. The van der Waals surface area contributed by atoms with E-state index < -0.39 is 0 Å². The standard InChI is InChI=1S/C6H12N2/c1-6(2)8-4-3-7-5-8/h6-7H,3-4H2,1-2H3. The second-order valence-electron chi connectivity index (χ2n) is 2.33. The van der Waals surface area contributed by atoms with E-state index in [4.69, 9.17) is 0 Å². The van der Waals surface area contributed by atoms with Crippen LogP contribution in [0.5, 0.6) is 0 Å². The van der Waals surface area contributed by atoms with Crippen LogP contribution in [0.15, 0.2) is 0 Å². The van der Waals surface area contributed by atoms with Crippen molar-refractivity contribution in [1.82, 2.24) is 10.2 Å². The summed E-state index contributed by atoms with van der Waals surface area (Å²) < 4.78 is 0. The Hall–Kier alpha value is -0.0800. The lowest BCUT2D eigenvalue weighted by molar-refractivity contribution is 0.318. The molecule has 0 unspecified atom stereocenters. The number of rotatable bonds is 1. The lowest BCUT2D eigenvalue weighted by Crippen LogP contribution is -2.25. The molecule has 1 saturated heterocycles. The van der Waals surface area contributed by atoms with Crippen molar-refractivity contribution < 1.29 is 0 Å². The number of nitrogens with zero attached hydrogens (tertiary/aromatic N) is 1. The molecule has 0 saturated carbocycles. The summed E-state index contributed by atoms with van der Waals surface area (Å²) in [6.45, 7) is 9.54. The van der Waals surface area contributed by atoms with Crippen LogP contribution in [0.3, 0.4) is 0 Å². The normalized spacial score (nSPS) is 22.9. The monoisotopic (exact) mass is 112 g/mol. The van der Waals surface area contributed by atoms with E-state index in [9.17, 15) is 0 Å². The number of hydrogen-bond donors (Lipinski definition) is 1. The highest BCUT2D eigenvalue weighted by molar-refractivity contribution is 4.77. The van der Waals surface area contributed by atoms with Crippen molar-refractivity contribution in [3.63, 3.8) is 0 Å². The number of hydrogen-bond acceptors (Lipinski definition) is 2. The fourth-order valence-corrected chi connectivity index (χ4v) is 0.777. The Morgan fingerprint density at radius 1 is 1.62 bits per heavy atom. The molecular formula is C6H12N2. The van der Waals surface area contributed by atoms with Crippen molar-refractivity contribution in [2.24, 2.45) is 0 Å². The quantitative estimate of drug-likeness (QED) is 0.524. The van der Waals surface area contributed by atoms with Gasteiger partial charge in [0.2, 0.25) is 0 Å². The first-order valence-corrected chi connectivity index (χ1v) is 3.06. The lowest BCUT2D eigenvalue weighted by Gasteiger charge is -2.15. The van der Waals surface area contributed by atoms with Gasteiger partial charge in [0.1, 0.15) is 6.67 Å². The van der Waals surface area contributed by atoms with Crippen LogP contribution in [-0.4, -0.2) is 24.0 Å². The van der Waals surface area contributed by atoms with E-state index in [2.05, 4.69) is 30.7 Å². The first-order valence-electron chi connectivity index (χ1n) is 3.06. The summed E-state index contributed by atoms with van der Waals surface area (Å²) in [5, 5.41) is 3.03. The molecule has 0 bridgehead atoms. The molecule has 46 valence electrons. The third kappa shape index (κ3) is 1.20. The average Bonchev–Trinajstić information content (AvgIpc) is 2.12. The first kappa shape index (κ1) is 6.05. The fourth-order valence-electron chi connectivity index (χ4n) is 0.777. The molecule has 0 aromatic heterocycles. The van der Waals surface area contributed by atoms with Crippen molar-refractivity contribution in [1.29, 1.82) is 0 Å². The van der Waals surface area contributed by atoms with Gasteiger partial charge in [0.05, 0.1) is 0 Å². The maximum Gasteiger partial charge on any atom is 0.143 e. The van der Waals surface area contributed by atoms with Gasteiger partial charge in [-0.15, -0.1) is 0 Å². The van der Waals surface area contributed by atoms with Gasteiger partial charge < -0.3 is 0 Å². The largest absolute Gasteiger partial charge is 0.292 e. The second kappa shape index (κ2) is 2.46. The molecule has 1 rings (SSSR count). The van der Waals surface area contributed by atoms with E-state index in [1.54, 1.807) is 0 Å². The van der Waals surface area contributed by atoms with E-state index in [1.807, 2.05) is 0 Å². The predicted octanol–water partition coefficient (Wildman–Crippen LogP) is 0.296. The molecule has 0 aliphatic carbocycles. The van der Waals surface area contributed by atoms with Crippen molar-refractivity contribution in [3.05, 3.63) is 6.67 Å². The van der Waals surface area contributed by atoms with Crippen molar-refractivity contribution >= 4 is 0 Å². The van der Waals surface area contributed by atoms with E-state index in [0.29, 0.717) is 6.04 Å². The molecule has 0 spiro atoms. The van der Waals surface area contributed by atoms with Crippen LogP contribution in [0.4, 0.5) is 0 Å². The van der Waals surface area contributed by atoms with Gasteiger partial charge in [-0.1, -0.05) is 0 Å². The van der Waals surface area contributed by atoms with Gasteiger partial charge in [0.15, 0.2) is 0 Å². The minimum absolute atomic E-state index is 0.602. The zero-order chi connectivity index (χ0) is 5.98. The van der Waals surface area contributed by atoms with Gasteiger partial charge in [-0.3, -0.25) is 10.2 Å². The summed E-state index contributed by atoms with van der Waals surface area (Å²) in [6.07, 6.45) is 0. The molecule has 2 heteroatoms. The summed E-state index contributed by atoms with van der Waals surface area (Å²) >= 11 is 0. The number of nitrogens with one attached hydrogen (secondary N) is 1. The lowest BCUT2D eigenvalue weighted by atomic mass is 10.3. The summed E-state index contributed by atoms with van der Waals surface area (Å²) in [7, 11) is 0. The fraction of sp³-hybridized carbons (Fsp3) is 0.833. The molecule has 1 aliphatic heterocycles. The van der Waals surface area contributed by atoms with Crippen LogP contribution < -0.4 is 5.32 Å². The molecule has 2 nitrogen and oxygen atoms in total. The average molecular weight is 112 g/mol. The Bertz CT molecular complexity index is 64.9. The van der Waals surface area contributed by atoms with Crippen LogP contribution >= 0.6 is 0 Å². The Labute approximate surface area is 50.9 Å². The Balaban J connectivity index is 2.24. The van der Waals surface area contributed by atoms with Crippen LogP contribution in [0, 0.1) is 6.67 Å². The van der Waals surface area contributed by atoms with Crippen molar-refractivity contribution in [2.45, 2.75) is 19.9 Å². The van der Waals surface area contributed by atoms with Gasteiger partial charge in [-0.2, -0.15) is 0 Å². The van der Waals surface area contributed by atoms with Gasteiger partial charge in [0, 0.05) is 19.1 Å². The summed E-state index contributed by atoms with van der Waals surface area (Å²) in [6, 6.07) is 0.602. The molecule has 8 heavy (non-hydrogen) atoms. The Morgan fingerprint density at radius 2 is 2.38 bits per heavy atom.